The first kappa shape index (κ1) is 26.2. The summed E-state index contributed by atoms with van der Waals surface area (Å²) in [5.41, 5.74) is 5.00. The lowest BCUT2D eigenvalue weighted by Gasteiger charge is -2.43. The van der Waals surface area contributed by atoms with Crippen molar-refractivity contribution < 1.29 is 14.3 Å². The minimum absolute atomic E-state index is 0.285. The number of ether oxygens (including phenoxy) is 2. The highest BCUT2D eigenvalue weighted by atomic mass is 16.5. The number of likely N-dealkylation sites (tertiary alicyclic amines) is 1. The maximum absolute atomic E-state index is 12.5. The normalized spacial score (nSPS) is 20.9. The molecule has 2 saturated heterocycles. The standard InChI is InChI=1S/C30H40N6O3/c1-22(21-38-2)33-12-9-30(39-3,10-13-33)25-6-7-26(31-19-25)24-18-28-27(8-11-32-36(28)20-24)34-14-16-35(17-15-34)29(37)23-4-5-23/h6-8,11,18-20,22-23H,4-5,9-10,12-17,21H2,1-3H3. The molecule has 1 amide bonds. The Morgan fingerprint density at radius 1 is 1.08 bits per heavy atom. The zero-order valence-corrected chi connectivity index (χ0v) is 23.4. The largest absolute Gasteiger partial charge is 0.383 e. The first-order valence-electron chi connectivity index (χ1n) is 14.3. The summed E-state index contributed by atoms with van der Waals surface area (Å²) < 4.78 is 13.4. The molecule has 5 heterocycles. The lowest BCUT2D eigenvalue weighted by atomic mass is 9.84. The van der Waals surface area contributed by atoms with Crippen molar-refractivity contribution in [3.8, 4) is 11.3 Å². The van der Waals surface area contributed by atoms with E-state index in [9.17, 15) is 4.79 Å². The number of rotatable bonds is 8. The van der Waals surface area contributed by atoms with Crippen LogP contribution in [0.2, 0.25) is 0 Å². The third-order valence-corrected chi connectivity index (χ3v) is 8.96. The van der Waals surface area contributed by atoms with Crippen LogP contribution in [0.15, 0.2) is 42.9 Å². The van der Waals surface area contributed by atoms with Crippen molar-refractivity contribution in [3.05, 3.63) is 48.4 Å². The maximum atomic E-state index is 12.5. The van der Waals surface area contributed by atoms with Gasteiger partial charge in [-0.05, 0) is 50.8 Å². The average Bonchev–Trinajstić information content (AvgIpc) is 3.75. The number of methoxy groups -OCH3 is 2. The molecule has 2 aliphatic heterocycles. The third kappa shape index (κ3) is 5.15. The summed E-state index contributed by atoms with van der Waals surface area (Å²) >= 11 is 0. The predicted molar refractivity (Wildman–Crippen MR) is 151 cm³/mol. The van der Waals surface area contributed by atoms with Crippen LogP contribution in [0.3, 0.4) is 0 Å². The van der Waals surface area contributed by atoms with Gasteiger partial charge in [0.2, 0.25) is 5.91 Å². The molecule has 9 heteroatoms. The van der Waals surface area contributed by atoms with E-state index in [1.54, 1.807) is 7.11 Å². The topological polar surface area (TPSA) is 75.4 Å². The molecular weight excluding hydrogens is 492 g/mol. The Morgan fingerprint density at radius 3 is 2.49 bits per heavy atom. The summed E-state index contributed by atoms with van der Waals surface area (Å²) in [6, 6.07) is 8.94. The number of pyridine rings is 1. The van der Waals surface area contributed by atoms with Crippen LogP contribution in [0.25, 0.3) is 16.8 Å². The fourth-order valence-corrected chi connectivity index (χ4v) is 6.28. The molecule has 39 heavy (non-hydrogen) atoms. The number of amides is 1. The van der Waals surface area contributed by atoms with Crippen molar-refractivity contribution in [1.82, 2.24) is 24.4 Å². The van der Waals surface area contributed by atoms with Crippen LogP contribution in [0.1, 0.15) is 38.2 Å². The maximum Gasteiger partial charge on any atom is 0.225 e. The summed E-state index contributed by atoms with van der Waals surface area (Å²) in [4.78, 5) is 24.2. The molecule has 6 rings (SSSR count). The number of piperidine rings is 1. The molecule has 208 valence electrons. The number of piperazine rings is 1. The molecule has 0 aromatic carbocycles. The quantitative estimate of drug-likeness (QED) is 0.440. The molecule has 3 aromatic rings. The second-order valence-electron chi connectivity index (χ2n) is 11.3. The van der Waals surface area contributed by atoms with E-state index < -0.39 is 0 Å². The molecular formula is C30H40N6O3. The van der Waals surface area contributed by atoms with Gasteiger partial charge in [-0.1, -0.05) is 6.07 Å². The lowest BCUT2D eigenvalue weighted by Crippen LogP contribution is -2.49. The minimum atomic E-state index is -0.307. The molecule has 0 bridgehead atoms. The number of anilines is 1. The molecule has 3 fully saturated rings. The molecule has 1 atom stereocenters. The number of fused-ring (bicyclic) bond motifs is 1. The van der Waals surface area contributed by atoms with Gasteiger partial charge in [0.15, 0.2) is 0 Å². The van der Waals surface area contributed by atoms with Crippen LogP contribution in [0.4, 0.5) is 5.69 Å². The van der Waals surface area contributed by atoms with E-state index >= 15 is 0 Å². The summed E-state index contributed by atoms with van der Waals surface area (Å²) in [5, 5.41) is 4.57. The van der Waals surface area contributed by atoms with Gasteiger partial charge in [0, 0.05) is 95.2 Å². The molecule has 3 aromatic heterocycles. The zero-order chi connectivity index (χ0) is 27.0. The highest BCUT2D eigenvalue weighted by molar-refractivity contribution is 5.82. The van der Waals surface area contributed by atoms with E-state index in [0.29, 0.717) is 11.9 Å². The van der Waals surface area contributed by atoms with Gasteiger partial charge in [-0.15, -0.1) is 0 Å². The van der Waals surface area contributed by atoms with Crippen LogP contribution < -0.4 is 4.90 Å². The van der Waals surface area contributed by atoms with Gasteiger partial charge < -0.3 is 19.3 Å². The van der Waals surface area contributed by atoms with Gasteiger partial charge in [0.05, 0.1) is 29.1 Å². The number of carbonyl (C=O) groups is 1. The monoisotopic (exact) mass is 532 g/mol. The van der Waals surface area contributed by atoms with Crippen LogP contribution >= 0.6 is 0 Å². The van der Waals surface area contributed by atoms with Crippen molar-refractivity contribution in [2.45, 2.75) is 44.2 Å². The Labute approximate surface area is 230 Å². The van der Waals surface area contributed by atoms with Crippen molar-refractivity contribution in [2.24, 2.45) is 5.92 Å². The molecule has 1 aliphatic carbocycles. The first-order valence-corrected chi connectivity index (χ1v) is 14.3. The minimum Gasteiger partial charge on any atom is -0.383 e. The molecule has 0 spiro atoms. The van der Waals surface area contributed by atoms with Gasteiger partial charge in [0.25, 0.3) is 0 Å². The Bertz CT molecular complexity index is 1290. The second-order valence-corrected chi connectivity index (χ2v) is 11.3. The van der Waals surface area contributed by atoms with Crippen LogP contribution in [-0.4, -0.2) is 96.4 Å². The number of carbonyl (C=O) groups excluding carboxylic acids is 1. The molecule has 1 unspecified atom stereocenters. The summed E-state index contributed by atoms with van der Waals surface area (Å²) in [7, 11) is 3.58. The molecule has 0 N–H and O–H groups in total. The van der Waals surface area contributed by atoms with E-state index in [1.165, 1.54) is 0 Å². The second kappa shape index (κ2) is 10.9. The third-order valence-electron chi connectivity index (χ3n) is 8.96. The van der Waals surface area contributed by atoms with Crippen LogP contribution in [-0.2, 0) is 19.9 Å². The van der Waals surface area contributed by atoms with E-state index in [0.717, 1.165) is 99.6 Å². The number of hydrogen-bond acceptors (Lipinski definition) is 7. The summed E-state index contributed by atoms with van der Waals surface area (Å²) in [5.74, 6) is 0.628. The van der Waals surface area contributed by atoms with Crippen molar-refractivity contribution in [2.75, 3.05) is 65.0 Å². The SMILES string of the molecule is COCC(C)N1CCC(OC)(c2ccc(-c3cc4c(N5CCN(C(=O)C6CC6)CC5)ccnn4c3)nc2)CC1. The molecule has 0 radical (unpaired) electrons. The predicted octanol–water partition coefficient (Wildman–Crippen LogP) is 3.43. The fraction of sp³-hybridized carbons (Fsp3) is 0.567. The number of hydrogen-bond donors (Lipinski definition) is 0. The van der Waals surface area contributed by atoms with E-state index in [1.807, 2.05) is 28.9 Å². The zero-order valence-electron chi connectivity index (χ0n) is 23.4. The van der Waals surface area contributed by atoms with Gasteiger partial charge in [-0.3, -0.25) is 14.7 Å². The van der Waals surface area contributed by atoms with Gasteiger partial charge >= 0.3 is 0 Å². The molecule has 3 aliphatic rings. The van der Waals surface area contributed by atoms with Crippen molar-refractivity contribution >= 4 is 17.1 Å². The first-order chi connectivity index (χ1) is 19.0. The van der Waals surface area contributed by atoms with E-state index in [-0.39, 0.29) is 11.5 Å². The van der Waals surface area contributed by atoms with Crippen molar-refractivity contribution in [1.29, 1.82) is 0 Å². The Hall–Kier alpha value is -3.01. The highest BCUT2D eigenvalue weighted by Crippen LogP contribution is 2.37. The smallest absolute Gasteiger partial charge is 0.225 e. The summed E-state index contributed by atoms with van der Waals surface area (Å²) in [6.07, 6.45) is 9.88. The van der Waals surface area contributed by atoms with Gasteiger partial charge in [-0.2, -0.15) is 5.10 Å². The summed E-state index contributed by atoms with van der Waals surface area (Å²) in [6.45, 7) is 8.16. The molecule has 1 saturated carbocycles. The Balaban J connectivity index is 1.17. The van der Waals surface area contributed by atoms with Crippen LogP contribution in [0.5, 0.6) is 0 Å². The average molecular weight is 533 g/mol. The molecule has 9 nitrogen and oxygen atoms in total. The van der Waals surface area contributed by atoms with E-state index in [2.05, 4.69) is 52.3 Å². The fourth-order valence-electron chi connectivity index (χ4n) is 6.28. The van der Waals surface area contributed by atoms with Gasteiger partial charge in [-0.25, -0.2) is 4.52 Å². The highest BCUT2D eigenvalue weighted by Gasteiger charge is 2.38. The lowest BCUT2D eigenvalue weighted by molar-refractivity contribution is -0.132. The number of aromatic nitrogens is 3. The number of nitrogens with zero attached hydrogens (tertiary/aromatic N) is 6. The Morgan fingerprint density at radius 2 is 1.85 bits per heavy atom. The van der Waals surface area contributed by atoms with Gasteiger partial charge in [0.1, 0.15) is 0 Å². The van der Waals surface area contributed by atoms with Crippen molar-refractivity contribution in [3.63, 3.8) is 0 Å². The van der Waals surface area contributed by atoms with Crippen LogP contribution in [0, 0.1) is 5.92 Å². The van der Waals surface area contributed by atoms with E-state index in [4.69, 9.17) is 14.5 Å². The Kier molecular flexibility index (Phi) is 7.31.